The Kier molecular flexibility index (Phi) is 7.57. The highest BCUT2D eigenvalue weighted by atomic mass is 16.5. The van der Waals surface area contributed by atoms with Crippen LogP contribution in [-0.2, 0) is 17.9 Å². The molecular formula is C23H28N4O3. The number of para-hydroxylation sites is 2. The number of amides is 1. The SMILES string of the molecule is CCCCN(CC(=O)NCc1ccccc1OC)Cc1nc2ccccc2c(=O)[nH]1. The topological polar surface area (TPSA) is 87.3 Å². The van der Waals surface area contributed by atoms with Crippen LogP contribution >= 0.6 is 0 Å². The molecule has 158 valence electrons. The number of benzene rings is 2. The van der Waals surface area contributed by atoms with Crippen LogP contribution < -0.4 is 15.6 Å². The predicted molar refractivity (Wildman–Crippen MR) is 117 cm³/mol. The first-order valence-electron chi connectivity index (χ1n) is 10.2. The number of ether oxygens (including phenoxy) is 1. The molecule has 0 aliphatic carbocycles. The summed E-state index contributed by atoms with van der Waals surface area (Å²) in [6.07, 6.45) is 1.97. The number of carbonyl (C=O) groups excluding carboxylic acids is 1. The van der Waals surface area contributed by atoms with Crippen molar-refractivity contribution >= 4 is 16.8 Å². The Morgan fingerprint density at radius 1 is 1.17 bits per heavy atom. The zero-order valence-corrected chi connectivity index (χ0v) is 17.5. The lowest BCUT2D eigenvalue weighted by molar-refractivity contribution is -0.122. The van der Waals surface area contributed by atoms with Gasteiger partial charge in [0.25, 0.3) is 5.56 Å². The number of aromatic amines is 1. The molecule has 1 heterocycles. The number of hydrogen-bond acceptors (Lipinski definition) is 5. The highest BCUT2D eigenvalue weighted by molar-refractivity contribution is 5.78. The fourth-order valence-corrected chi connectivity index (χ4v) is 3.32. The molecule has 3 rings (SSSR count). The second-order valence-electron chi connectivity index (χ2n) is 7.18. The number of unbranched alkanes of at least 4 members (excludes halogenated alkanes) is 1. The van der Waals surface area contributed by atoms with Crippen molar-refractivity contribution in [2.45, 2.75) is 32.9 Å². The molecule has 0 atom stereocenters. The molecule has 0 unspecified atom stereocenters. The van der Waals surface area contributed by atoms with Crippen molar-refractivity contribution in [2.24, 2.45) is 0 Å². The standard InChI is InChI=1S/C23H28N4O3/c1-3-4-13-27(15-21-25-19-11-7-6-10-18(19)23(29)26-21)16-22(28)24-14-17-9-5-8-12-20(17)30-2/h5-12H,3-4,13-16H2,1-2H3,(H,24,28)(H,25,26,29). The van der Waals surface area contributed by atoms with Crippen molar-refractivity contribution in [2.75, 3.05) is 20.2 Å². The van der Waals surface area contributed by atoms with Crippen molar-refractivity contribution in [3.05, 3.63) is 70.3 Å². The number of aromatic nitrogens is 2. The van der Waals surface area contributed by atoms with Gasteiger partial charge < -0.3 is 15.0 Å². The molecule has 0 spiro atoms. The average molecular weight is 409 g/mol. The van der Waals surface area contributed by atoms with E-state index >= 15 is 0 Å². The third-order valence-corrected chi connectivity index (χ3v) is 4.90. The van der Waals surface area contributed by atoms with Crippen molar-refractivity contribution in [3.63, 3.8) is 0 Å². The van der Waals surface area contributed by atoms with Crippen LogP contribution in [0, 0.1) is 0 Å². The van der Waals surface area contributed by atoms with Crippen molar-refractivity contribution < 1.29 is 9.53 Å². The fourth-order valence-electron chi connectivity index (χ4n) is 3.32. The monoisotopic (exact) mass is 408 g/mol. The lowest BCUT2D eigenvalue weighted by atomic mass is 10.2. The van der Waals surface area contributed by atoms with Crippen molar-refractivity contribution in [1.82, 2.24) is 20.2 Å². The van der Waals surface area contributed by atoms with Gasteiger partial charge in [0, 0.05) is 12.1 Å². The van der Waals surface area contributed by atoms with E-state index < -0.39 is 0 Å². The molecule has 1 amide bonds. The van der Waals surface area contributed by atoms with E-state index in [1.807, 2.05) is 47.4 Å². The van der Waals surface area contributed by atoms with E-state index in [0.29, 0.717) is 29.8 Å². The minimum Gasteiger partial charge on any atom is -0.496 e. The van der Waals surface area contributed by atoms with Crippen LogP contribution in [0.5, 0.6) is 5.75 Å². The van der Waals surface area contributed by atoms with E-state index in [-0.39, 0.29) is 18.0 Å². The minimum atomic E-state index is -0.160. The van der Waals surface area contributed by atoms with Crippen LogP contribution in [0.25, 0.3) is 10.9 Å². The van der Waals surface area contributed by atoms with Crippen molar-refractivity contribution in [1.29, 1.82) is 0 Å². The summed E-state index contributed by atoms with van der Waals surface area (Å²) in [5.74, 6) is 1.23. The molecule has 1 aromatic heterocycles. The number of fused-ring (bicyclic) bond motifs is 1. The Bertz CT molecular complexity index is 1050. The number of hydrogen-bond donors (Lipinski definition) is 2. The molecule has 0 saturated heterocycles. The molecule has 0 aliphatic heterocycles. The van der Waals surface area contributed by atoms with E-state index in [2.05, 4.69) is 22.2 Å². The van der Waals surface area contributed by atoms with Crippen LogP contribution in [-0.4, -0.2) is 41.0 Å². The molecule has 30 heavy (non-hydrogen) atoms. The first-order chi connectivity index (χ1) is 14.6. The van der Waals surface area contributed by atoms with E-state index in [9.17, 15) is 9.59 Å². The Labute approximate surface area is 176 Å². The van der Waals surface area contributed by atoms with Crippen molar-refractivity contribution in [3.8, 4) is 5.75 Å². The first kappa shape index (κ1) is 21.5. The van der Waals surface area contributed by atoms with E-state index in [0.717, 1.165) is 30.7 Å². The normalized spacial score (nSPS) is 11.0. The number of H-pyrrole nitrogens is 1. The largest absolute Gasteiger partial charge is 0.496 e. The van der Waals surface area contributed by atoms with E-state index in [1.54, 1.807) is 13.2 Å². The summed E-state index contributed by atoms with van der Waals surface area (Å²) in [7, 11) is 1.62. The molecule has 0 fully saturated rings. The fraction of sp³-hybridized carbons (Fsp3) is 0.348. The smallest absolute Gasteiger partial charge is 0.258 e. The first-order valence-corrected chi connectivity index (χ1v) is 10.2. The molecule has 0 aliphatic rings. The number of nitrogens with one attached hydrogen (secondary N) is 2. The average Bonchev–Trinajstić information content (AvgIpc) is 2.76. The lowest BCUT2D eigenvalue weighted by Crippen LogP contribution is -2.37. The van der Waals surface area contributed by atoms with Crippen LogP contribution in [0.1, 0.15) is 31.2 Å². The third-order valence-electron chi connectivity index (χ3n) is 4.90. The molecule has 2 aromatic carbocycles. The van der Waals surface area contributed by atoms with Gasteiger partial charge in [-0.25, -0.2) is 4.98 Å². The van der Waals surface area contributed by atoms with Gasteiger partial charge in [-0.2, -0.15) is 0 Å². The van der Waals surface area contributed by atoms with Gasteiger partial charge in [0.1, 0.15) is 11.6 Å². The summed E-state index contributed by atoms with van der Waals surface area (Å²) in [4.78, 5) is 34.3. The van der Waals surface area contributed by atoms with Gasteiger partial charge in [-0.3, -0.25) is 14.5 Å². The summed E-state index contributed by atoms with van der Waals surface area (Å²) in [6, 6.07) is 14.9. The maximum atomic E-state index is 12.6. The van der Waals surface area contributed by atoms with E-state index in [4.69, 9.17) is 4.74 Å². The van der Waals surface area contributed by atoms with Crippen LogP contribution in [0.3, 0.4) is 0 Å². The molecule has 7 heteroatoms. The van der Waals surface area contributed by atoms with Gasteiger partial charge in [-0.05, 0) is 31.2 Å². The second kappa shape index (κ2) is 10.5. The Hall–Kier alpha value is -3.19. The van der Waals surface area contributed by atoms with Crippen LogP contribution in [0.15, 0.2) is 53.3 Å². The summed E-state index contributed by atoms with van der Waals surface area (Å²) >= 11 is 0. The Morgan fingerprint density at radius 3 is 2.73 bits per heavy atom. The van der Waals surface area contributed by atoms with Crippen LogP contribution in [0.2, 0.25) is 0 Å². The predicted octanol–water partition coefficient (Wildman–Crippen LogP) is 2.85. The third kappa shape index (κ3) is 5.67. The van der Waals surface area contributed by atoms with E-state index in [1.165, 1.54) is 0 Å². The lowest BCUT2D eigenvalue weighted by Gasteiger charge is -2.21. The number of rotatable bonds is 10. The molecular weight excluding hydrogens is 380 g/mol. The minimum absolute atomic E-state index is 0.0832. The molecule has 2 N–H and O–H groups in total. The summed E-state index contributed by atoms with van der Waals surface area (Å²) in [5, 5.41) is 3.52. The zero-order chi connectivity index (χ0) is 21.3. The van der Waals surface area contributed by atoms with Gasteiger partial charge in [0.05, 0.1) is 31.1 Å². The molecule has 3 aromatic rings. The highest BCUT2D eigenvalue weighted by Crippen LogP contribution is 2.16. The molecule has 7 nitrogen and oxygen atoms in total. The Morgan fingerprint density at radius 2 is 1.93 bits per heavy atom. The van der Waals surface area contributed by atoms with Gasteiger partial charge in [-0.15, -0.1) is 0 Å². The summed E-state index contributed by atoms with van der Waals surface area (Å²) in [5.41, 5.74) is 1.42. The molecule has 0 saturated carbocycles. The number of carbonyl (C=O) groups is 1. The number of methoxy groups -OCH3 is 1. The second-order valence-corrected chi connectivity index (χ2v) is 7.18. The Balaban J connectivity index is 1.67. The summed E-state index contributed by atoms with van der Waals surface area (Å²) < 4.78 is 5.33. The van der Waals surface area contributed by atoms with Gasteiger partial charge in [0.2, 0.25) is 5.91 Å². The van der Waals surface area contributed by atoms with Gasteiger partial charge in [-0.1, -0.05) is 43.7 Å². The van der Waals surface area contributed by atoms with Gasteiger partial charge >= 0.3 is 0 Å². The zero-order valence-electron chi connectivity index (χ0n) is 17.5. The maximum absolute atomic E-state index is 12.6. The quantitative estimate of drug-likeness (QED) is 0.539. The van der Waals surface area contributed by atoms with Crippen LogP contribution in [0.4, 0.5) is 0 Å². The van der Waals surface area contributed by atoms with Gasteiger partial charge in [0.15, 0.2) is 0 Å². The maximum Gasteiger partial charge on any atom is 0.258 e. The number of nitrogens with zero attached hydrogens (tertiary/aromatic N) is 2. The highest BCUT2D eigenvalue weighted by Gasteiger charge is 2.14. The summed E-state index contributed by atoms with van der Waals surface area (Å²) in [6.45, 7) is 3.88. The molecule has 0 bridgehead atoms. The molecule has 0 radical (unpaired) electrons.